The highest BCUT2D eigenvalue weighted by molar-refractivity contribution is 7.11. The van der Waals surface area contributed by atoms with Crippen molar-refractivity contribution < 1.29 is 0 Å². The monoisotopic (exact) mass is 237 g/mol. The second-order valence-electron chi connectivity index (χ2n) is 4.93. The maximum absolute atomic E-state index is 3.35. The molecule has 1 nitrogen and oxygen atoms in total. The molecule has 1 aromatic heterocycles. The van der Waals surface area contributed by atoms with Crippen LogP contribution in [0.5, 0.6) is 0 Å². The molecular formula is C14H23NS. The number of hydrogen-bond donors (Lipinski definition) is 1. The summed E-state index contributed by atoms with van der Waals surface area (Å²) >= 11 is 2.02. The number of aryl methyl sites for hydroxylation is 1. The smallest absolute Gasteiger partial charge is 0.00510 e. The lowest BCUT2D eigenvalue weighted by molar-refractivity contribution is 0.376. The maximum atomic E-state index is 3.35. The average Bonchev–Trinajstić information content (AvgIpc) is 2.90. The lowest BCUT2D eigenvalue weighted by atomic mass is 9.92. The van der Waals surface area contributed by atoms with Crippen LogP contribution in [0.1, 0.15) is 35.9 Å². The Balaban J connectivity index is 1.92. The molecule has 16 heavy (non-hydrogen) atoms. The first kappa shape index (κ1) is 12.1. The fourth-order valence-corrected chi connectivity index (χ4v) is 3.94. The van der Waals surface area contributed by atoms with E-state index in [1.54, 1.807) is 4.88 Å². The van der Waals surface area contributed by atoms with E-state index < -0.39 is 0 Å². The van der Waals surface area contributed by atoms with Crippen molar-refractivity contribution in [2.75, 3.05) is 13.6 Å². The summed E-state index contributed by atoms with van der Waals surface area (Å²) in [6.07, 6.45) is 6.80. The van der Waals surface area contributed by atoms with Gasteiger partial charge in [-0.2, -0.15) is 0 Å². The number of rotatable bonds is 5. The molecule has 1 N–H and O–H groups in total. The van der Waals surface area contributed by atoms with Crippen molar-refractivity contribution in [2.45, 2.75) is 39.0 Å². The maximum Gasteiger partial charge on any atom is 0.00510 e. The third kappa shape index (κ3) is 2.86. The summed E-state index contributed by atoms with van der Waals surface area (Å²) in [5.74, 6) is 1.84. The zero-order valence-electron chi connectivity index (χ0n) is 10.5. The van der Waals surface area contributed by atoms with Crippen molar-refractivity contribution in [3.8, 4) is 0 Å². The van der Waals surface area contributed by atoms with Gasteiger partial charge in [-0.05, 0) is 63.2 Å². The van der Waals surface area contributed by atoms with Gasteiger partial charge in [0.15, 0.2) is 0 Å². The van der Waals surface area contributed by atoms with Gasteiger partial charge in [0.2, 0.25) is 0 Å². The molecule has 0 aliphatic heterocycles. The summed E-state index contributed by atoms with van der Waals surface area (Å²) in [7, 11) is 2.08. The molecule has 1 aromatic rings. The van der Waals surface area contributed by atoms with Crippen molar-refractivity contribution in [1.82, 2.24) is 5.32 Å². The lowest BCUT2D eigenvalue weighted by Crippen LogP contribution is -2.22. The summed E-state index contributed by atoms with van der Waals surface area (Å²) < 4.78 is 0. The summed E-state index contributed by atoms with van der Waals surface area (Å²) in [5.41, 5.74) is 0. The Morgan fingerprint density at radius 2 is 2.00 bits per heavy atom. The van der Waals surface area contributed by atoms with Gasteiger partial charge in [0, 0.05) is 9.75 Å². The first-order chi connectivity index (χ1) is 7.83. The van der Waals surface area contributed by atoms with E-state index in [-0.39, 0.29) is 0 Å². The van der Waals surface area contributed by atoms with E-state index >= 15 is 0 Å². The summed E-state index contributed by atoms with van der Waals surface area (Å²) in [5, 5.41) is 3.35. The minimum Gasteiger partial charge on any atom is -0.319 e. The quantitative estimate of drug-likeness (QED) is 0.826. The first-order valence-corrected chi connectivity index (χ1v) is 7.37. The van der Waals surface area contributed by atoms with Crippen molar-refractivity contribution in [3.63, 3.8) is 0 Å². The third-order valence-electron chi connectivity index (χ3n) is 3.81. The Hall–Kier alpha value is -0.340. The fraction of sp³-hybridized carbons (Fsp3) is 0.714. The molecule has 0 bridgehead atoms. The molecule has 2 rings (SSSR count). The van der Waals surface area contributed by atoms with Crippen LogP contribution in [0.3, 0.4) is 0 Å². The van der Waals surface area contributed by atoms with Crippen molar-refractivity contribution >= 4 is 11.3 Å². The standard InChI is InChI=1S/C14H23NS/c1-3-13-7-8-14(16-13)9-11-5-4-6-12(11)10-15-2/h7-8,11-12,15H,3-6,9-10H2,1-2H3. The predicted octanol–water partition coefficient (Wildman–Crippen LogP) is 3.49. The first-order valence-electron chi connectivity index (χ1n) is 6.55. The minimum atomic E-state index is 0.914. The minimum absolute atomic E-state index is 0.914. The van der Waals surface area contributed by atoms with Gasteiger partial charge in [0.25, 0.3) is 0 Å². The van der Waals surface area contributed by atoms with Gasteiger partial charge in [0.1, 0.15) is 0 Å². The fourth-order valence-electron chi connectivity index (χ4n) is 2.89. The van der Waals surface area contributed by atoms with E-state index in [0.29, 0.717) is 0 Å². The second kappa shape index (κ2) is 5.83. The van der Waals surface area contributed by atoms with Gasteiger partial charge in [0.05, 0.1) is 0 Å². The Morgan fingerprint density at radius 1 is 1.25 bits per heavy atom. The Bertz CT molecular complexity index is 318. The molecule has 2 heteroatoms. The molecule has 2 atom stereocenters. The molecule has 1 heterocycles. The SMILES string of the molecule is CCc1ccc(CC2CCCC2CNC)s1. The van der Waals surface area contributed by atoms with Crippen LogP contribution in [-0.2, 0) is 12.8 Å². The highest BCUT2D eigenvalue weighted by atomic mass is 32.1. The van der Waals surface area contributed by atoms with Crippen LogP contribution in [0.4, 0.5) is 0 Å². The molecule has 90 valence electrons. The molecule has 1 fully saturated rings. The van der Waals surface area contributed by atoms with Gasteiger partial charge in [-0.1, -0.05) is 13.3 Å². The molecule has 0 spiro atoms. The van der Waals surface area contributed by atoms with Gasteiger partial charge >= 0.3 is 0 Å². The van der Waals surface area contributed by atoms with Crippen molar-refractivity contribution in [3.05, 3.63) is 21.9 Å². The molecule has 1 aliphatic carbocycles. The zero-order valence-corrected chi connectivity index (χ0v) is 11.3. The molecule has 0 aromatic carbocycles. The number of thiophene rings is 1. The molecule has 1 saturated carbocycles. The normalized spacial score (nSPS) is 25.1. The molecule has 0 amide bonds. The third-order valence-corrected chi connectivity index (χ3v) is 5.06. The predicted molar refractivity (Wildman–Crippen MR) is 72.2 cm³/mol. The summed E-state index contributed by atoms with van der Waals surface area (Å²) in [6.45, 7) is 3.45. The Morgan fingerprint density at radius 3 is 2.69 bits per heavy atom. The van der Waals surface area contributed by atoms with E-state index in [0.717, 1.165) is 11.8 Å². The highest BCUT2D eigenvalue weighted by Crippen LogP contribution is 2.35. The van der Waals surface area contributed by atoms with Crippen LogP contribution >= 0.6 is 11.3 Å². The topological polar surface area (TPSA) is 12.0 Å². The molecule has 0 radical (unpaired) electrons. The Kier molecular flexibility index (Phi) is 4.42. The van der Waals surface area contributed by atoms with Crippen LogP contribution in [0.15, 0.2) is 12.1 Å². The average molecular weight is 237 g/mol. The second-order valence-corrected chi connectivity index (χ2v) is 6.19. The van der Waals surface area contributed by atoms with E-state index in [2.05, 4.69) is 31.4 Å². The highest BCUT2D eigenvalue weighted by Gasteiger charge is 2.26. The van der Waals surface area contributed by atoms with Gasteiger partial charge < -0.3 is 5.32 Å². The van der Waals surface area contributed by atoms with Crippen LogP contribution < -0.4 is 5.32 Å². The number of hydrogen-bond acceptors (Lipinski definition) is 2. The summed E-state index contributed by atoms with van der Waals surface area (Å²) in [6, 6.07) is 4.65. The molecular weight excluding hydrogens is 214 g/mol. The molecule has 1 aliphatic rings. The van der Waals surface area contributed by atoms with Gasteiger partial charge in [-0.15, -0.1) is 11.3 Å². The van der Waals surface area contributed by atoms with Crippen molar-refractivity contribution in [1.29, 1.82) is 0 Å². The van der Waals surface area contributed by atoms with Gasteiger partial charge in [-0.3, -0.25) is 0 Å². The van der Waals surface area contributed by atoms with Crippen LogP contribution in [0.2, 0.25) is 0 Å². The summed E-state index contributed by atoms with van der Waals surface area (Å²) in [4.78, 5) is 3.14. The van der Waals surface area contributed by atoms with E-state index in [4.69, 9.17) is 0 Å². The van der Waals surface area contributed by atoms with E-state index in [9.17, 15) is 0 Å². The van der Waals surface area contributed by atoms with Gasteiger partial charge in [-0.25, -0.2) is 0 Å². The zero-order chi connectivity index (χ0) is 11.4. The largest absolute Gasteiger partial charge is 0.319 e. The van der Waals surface area contributed by atoms with Crippen molar-refractivity contribution in [2.24, 2.45) is 11.8 Å². The Labute approximate surface area is 103 Å². The van der Waals surface area contributed by atoms with E-state index in [1.165, 1.54) is 43.5 Å². The lowest BCUT2D eigenvalue weighted by Gasteiger charge is -2.18. The van der Waals surface area contributed by atoms with Crippen LogP contribution in [0.25, 0.3) is 0 Å². The molecule has 2 unspecified atom stereocenters. The van der Waals surface area contributed by atoms with Crippen LogP contribution in [-0.4, -0.2) is 13.6 Å². The van der Waals surface area contributed by atoms with Crippen LogP contribution in [0, 0.1) is 11.8 Å². The molecule has 0 saturated heterocycles. The number of nitrogens with one attached hydrogen (secondary N) is 1. The van der Waals surface area contributed by atoms with E-state index in [1.807, 2.05) is 11.3 Å².